The van der Waals surface area contributed by atoms with Crippen LogP contribution in [0.5, 0.6) is 0 Å². The highest BCUT2D eigenvalue weighted by Gasteiger charge is 2.25. The molecule has 0 amide bonds. The van der Waals surface area contributed by atoms with Gasteiger partial charge >= 0.3 is 0 Å². The maximum atomic E-state index is 14.9. The third kappa shape index (κ3) is 3.45. The molecule has 0 aliphatic carbocycles. The first-order valence-corrected chi connectivity index (χ1v) is 10.5. The Morgan fingerprint density at radius 1 is 1.12 bits per heavy atom. The van der Waals surface area contributed by atoms with Crippen LogP contribution in [0.2, 0.25) is 5.02 Å². The molecule has 0 fully saturated rings. The minimum Gasteiger partial charge on any atom is -0.358 e. The van der Waals surface area contributed by atoms with Crippen LogP contribution in [0.25, 0.3) is 27.8 Å². The Balaban J connectivity index is 1.79. The lowest BCUT2D eigenvalue weighted by Crippen LogP contribution is -2.29. The van der Waals surface area contributed by atoms with Crippen molar-refractivity contribution in [1.29, 1.82) is 0 Å². The topological polar surface area (TPSA) is 101 Å². The second-order valence-electron chi connectivity index (χ2n) is 7.37. The molecule has 5 aromatic rings. The fourth-order valence-corrected chi connectivity index (χ4v) is 3.99. The monoisotopic (exact) mass is 485 g/mol. The van der Waals surface area contributed by atoms with Gasteiger partial charge < -0.3 is 10.3 Å². The SMILES string of the molecule is CCC(Nc1ncnc2nc[nH]c12)c1nc2ccc(F)c(Cl)c2c(=O)n1-c1cccc(F)c1F. The van der Waals surface area contributed by atoms with Gasteiger partial charge in [-0.2, -0.15) is 0 Å². The van der Waals surface area contributed by atoms with Gasteiger partial charge in [0.05, 0.1) is 34.0 Å². The van der Waals surface area contributed by atoms with E-state index in [9.17, 15) is 18.0 Å². The third-order valence-electron chi connectivity index (χ3n) is 5.38. The van der Waals surface area contributed by atoms with E-state index >= 15 is 0 Å². The quantitative estimate of drug-likeness (QED) is 0.374. The Morgan fingerprint density at radius 3 is 2.74 bits per heavy atom. The molecular weight excluding hydrogens is 471 g/mol. The molecule has 12 heteroatoms. The molecule has 1 unspecified atom stereocenters. The van der Waals surface area contributed by atoms with E-state index in [0.717, 1.165) is 16.7 Å². The summed E-state index contributed by atoms with van der Waals surface area (Å²) in [6, 6.07) is 5.10. The lowest BCUT2D eigenvalue weighted by Gasteiger charge is -2.22. The van der Waals surface area contributed by atoms with Gasteiger partial charge in [0, 0.05) is 0 Å². The molecule has 0 bridgehead atoms. The molecule has 1 atom stereocenters. The molecule has 5 rings (SSSR count). The van der Waals surface area contributed by atoms with E-state index in [2.05, 4.69) is 30.2 Å². The second-order valence-corrected chi connectivity index (χ2v) is 7.75. The van der Waals surface area contributed by atoms with Gasteiger partial charge in [0.25, 0.3) is 5.56 Å². The number of nitrogens with zero attached hydrogens (tertiary/aromatic N) is 5. The van der Waals surface area contributed by atoms with E-state index in [-0.39, 0.29) is 22.4 Å². The largest absolute Gasteiger partial charge is 0.358 e. The van der Waals surface area contributed by atoms with Gasteiger partial charge in [0.15, 0.2) is 23.1 Å². The summed E-state index contributed by atoms with van der Waals surface area (Å²) < 4.78 is 44.0. The summed E-state index contributed by atoms with van der Waals surface area (Å²) >= 11 is 6.07. The van der Waals surface area contributed by atoms with Crippen molar-refractivity contribution in [3.63, 3.8) is 0 Å². The summed E-state index contributed by atoms with van der Waals surface area (Å²) in [6.07, 6.45) is 3.13. The Kier molecular flexibility index (Phi) is 5.40. The number of hydrogen-bond acceptors (Lipinski definition) is 6. The predicted octanol–water partition coefficient (Wildman–Crippen LogP) is 4.69. The predicted molar refractivity (Wildman–Crippen MR) is 121 cm³/mol. The van der Waals surface area contributed by atoms with Crippen molar-refractivity contribution in [1.82, 2.24) is 29.5 Å². The summed E-state index contributed by atoms with van der Waals surface area (Å²) in [6.45, 7) is 1.81. The Bertz CT molecular complexity index is 1620. The highest BCUT2D eigenvalue weighted by molar-refractivity contribution is 6.35. The molecule has 0 saturated heterocycles. The van der Waals surface area contributed by atoms with Crippen LogP contribution in [-0.2, 0) is 0 Å². The number of benzene rings is 2. The van der Waals surface area contributed by atoms with Gasteiger partial charge in [-0.1, -0.05) is 24.6 Å². The number of anilines is 1. The molecular formula is C22H15ClF3N7O. The first-order chi connectivity index (χ1) is 16.4. The summed E-state index contributed by atoms with van der Waals surface area (Å²) in [5, 5.41) is 2.46. The summed E-state index contributed by atoms with van der Waals surface area (Å²) in [4.78, 5) is 33.4. The van der Waals surface area contributed by atoms with E-state index in [4.69, 9.17) is 11.6 Å². The highest BCUT2D eigenvalue weighted by atomic mass is 35.5. The zero-order valence-corrected chi connectivity index (χ0v) is 18.2. The lowest BCUT2D eigenvalue weighted by molar-refractivity contribution is 0.500. The highest BCUT2D eigenvalue weighted by Crippen LogP contribution is 2.29. The fourth-order valence-electron chi connectivity index (χ4n) is 3.75. The number of halogens is 4. The van der Waals surface area contributed by atoms with Crippen molar-refractivity contribution >= 4 is 39.5 Å². The van der Waals surface area contributed by atoms with Crippen LogP contribution in [0.4, 0.5) is 19.0 Å². The third-order valence-corrected chi connectivity index (χ3v) is 5.75. The smallest absolute Gasteiger partial charge is 0.267 e. The normalized spacial score (nSPS) is 12.4. The number of H-pyrrole nitrogens is 1. The molecule has 2 aromatic carbocycles. The second kappa shape index (κ2) is 8.41. The van der Waals surface area contributed by atoms with Crippen molar-refractivity contribution in [3.8, 4) is 5.69 Å². The number of aromatic amines is 1. The first-order valence-electron chi connectivity index (χ1n) is 10.2. The molecule has 8 nitrogen and oxygen atoms in total. The zero-order valence-electron chi connectivity index (χ0n) is 17.5. The minimum absolute atomic E-state index is 0.0541. The van der Waals surface area contributed by atoms with E-state index in [1.165, 1.54) is 30.9 Å². The van der Waals surface area contributed by atoms with Crippen molar-refractivity contribution in [2.45, 2.75) is 19.4 Å². The van der Waals surface area contributed by atoms with E-state index in [1.807, 2.05) is 6.92 Å². The van der Waals surface area contributed by atoms with Crippen molar-refractivity contribution < 1.29 is 13.2 Å². The Hall–Kier alpha value is -3.99. The standard InChI is InChI=1S/C22H15ClF3N7O/c1-2-12(31-20-18-19(28-8-27-18)29-9-30-20)21-32-13-7-6-10(24)16(23)15(13)22(34)33(21)14-5-3-4-11(25)17(14)26/h3-9,12H,2H2,1H3,(H2,27,28,29,30,31). The molecule has 3 aromatic heterocycles. The van der Waals surface area contributed by atoms with Crippen LogP contribution in [0.3, 0.4) is 0 Å². The van der Waals surface area contributed by atoms with Gasteiger partial charge in [-0.05, 0) is 30.7 Å². The van der Waals surface area contributed by atoms with Crippen molar-refractivity contribution in [3.05, 3.63) is 81.6 Å². The number of nitrogens with one attached hydrogen (secondary N) is 2. The number of imidazole rings is 1. The van der Waals surface area contributed by atoms with Crippen LogP contribution in [0, 0.1) is 17.5 Å². The minimum atomic E-state index is -1.26. The molecule has 0 aliphatic rings. The average Bonchev–Trinajstić information content (AvgIpc) is 3.31. The van der Waals surface area contributed by atoms with Gasteiger partial charge in [-0.3, -0.25) is 9.36 Å². The van der Waals surface area contributed by atoms with E-state index in [0.29, 0.717) is 23.4 Å². The van der Waals surface area contributed by atoms with Gasteiger partial charge in [0.2, 0.25) is 0 Å². The molecule has 0 radical (unpaired) electrons. The van der Waals surface area contributed by atoms with Crippen molar-refractivity contribution in [2.24, 2.45) is 0 Å². The maximum absolute atomic E-state index is 14.9. The molecule has 0 spiro atoms. The van der Waals surface area contributed by atoms with E-state index in [1.54, 1.807) is 0 Å². The van der Waals surface area contributed by atoms with Crippen LogP contribution >= 0.6 is 11.6 Å². The molecule has 3 heterocycles. The van der Waals surface area contributed by atoms with E-state index < -0.39 is 34.1 Å². The van der Waals surface area contributed by atoms with Gasteiger partial charge in [-0.15, -0.1) is 0 Å². The molecule has 2 N–H and O–H groups in total. The van der Waals surface area contributed by atoms with Gasteiger partial charge in [0.1, 0.15) is 23.5 Å². The van der Waals surface area contributed by atoms with Crippen LogP contribution in [-0.4, -0.2) is 29.5 Å². The molecule has 0 aliphatic heterocycles. The van der Waals surface area contributed by atoms with Crippen LogP contribution in [0.15, 0.2) is 47.8 Å². The molecule has 0 saturated carbocycles. The maximum Gasteiger partial charge on any atom is 0.267 e. The average molecular weight is 486 g/mol. The Labute approximate surface area is 194 Å². The van der Waals surface area contributed by atoms with Gasteiger partial charge in [-0.25, -0.2) is 33.1 Å². The number of fused-ring (bicyclic) bond motifs is 2. The first kappa shape index (κ1) is 21.8. The van der Waals surface area contributed by atoms with Crippen LogP contribution < -0.4 is 10.9 Å². The Morgan fingerprint density at radius 2 is 1.94 bits per heavy atom. The molecule has 34 heavy (non-hydrogen) atoms. The number of hydrogen-bond donors (Lipinski definition) is 2. The zero-order chi connectivity index (χ0) is 24.0. The lowest BCUT2D eigenvalue weighted by atomic mass is 10.1. The number of rotatable bonds is 5. The van der Waals surface area contributed by atoms with Crippen molar-refractivity contribution in [2.75, 3.05) is 5.32 Å². The van der Waals surface area contributed by atoms with Crippen LogP contribution in [0.1, 0.15) is 25.2 Å². The molecule has 172 valence electrons. The number of aromatic nitrogens is 6. The fraction of sp³-hybridized carbons (Fsp3) is 0.136. The summed E-state index contributed by atoms with van der Waals surface area (Å²) in [5.74, 6) is -2.82. The summed E-state index contributed by atoms with van der Waals surface area (Å²) in [5.41, 5.74) is -0.200. The summed E-state index contributed by atoms with van der Waals surface area (Å²) in [7, 11) is 0.